The number of alkyl halides is 1. The summed E-state index contributed by atoms with van der Waals surface area (Å²) < 4.78 is 0. The zero-order valence-electron chi connectivity index (χ0n) is 8.97. The van der Waals surface area contributed by atoms with Crippen LogP contribution in [0.4, 0.5) is 0 Å². The van der Waals surface area contributed by atoms with Crippen molar-refractivity contribution in [3.05, 3.63) is 34.9 Å². The molecule has 3 heteroatoms. The lowest BCUT2D eigenvalue weighted by Gasteiger charge is -2.08. The monoisotopic (exact) mass is 245 g/mol. The highest BCUT2D eigenvalue weighted by Gasteiger charge is 2.00. The van der Waals surface area contributed by atoms with Crippen LogP contribution in [0.3, 0.4) is 0 Å². The van der Waals surface area contributed by atoms with Crippen molar-refractivity contribution in [1.29, 1.82) is 0 Å². The minimum Gasteiger partial charge on any atom is -0.313 e. The summed E-state index contributed by atoms with van der Waals surface area (Å²) in [5.41, 5.74) is 1.21. The number of halogens is 2. The van der Waals surface area contributed by atoms with Gasteiger partial charge in [0.1, 0.15) is 0 Å². The quantitative estimate of drug-likeness (QED) is 0.594. The first-order chi connectivity index (χ1) is 7.22. The molecule has 15 heavy (non-hydrogen) atoms. The fourth-order valence-corrected chi connectivity index (χ4v) is 1.66. The van der Waals surface area contributed by atoms with Gasteiger partial charge in [-0.25, -0.2) is 0 Å². The fourth-order valence-electron chi connectivity index (χ4n) is 1.34. The molecule has 84 valence electrons. The lowest BCUT2D eigenvalue weighted by atomic mass is 10.2. The standard InChI is InChI=1S/C12H17Cl2N/c1-2-11(13)6-7-15-9-10-4-3-5-12(14)8-10/h3-5,8,11,15H,2,6-7,9H2,1H3. The van der Waals surface area contributed by atoms with E-state index < -0.39 is 0 Å². The van der Waals surface area contributed by atoms with Gasteiger partial charge in [0, 0.05) is 16.9 Å². The van der Waals surface area contributed by atoms with Gasteiger partial charge in [-0.2, -0.15) is 0 Å². The number of rotatable bonds is 6. The fraction of sp³-hybridized carbons (Fsp3) is 0.500. The lowest BCUT2D eigenvalue weighted by Crippen LogP contribution is -2.17. The van der Waals surface area contributed by atoms with Crippen molar-refractivity contribution in [2.24, 2.45) is 0 Å². The Morgan fingerprint density at radius 1 is 1.40 bits per heavy atom. The summed E-state index contributed by atoms with van der Waals surface area (Å²) in [5, 5.41) is 4.43. The summed E-state index contributed by atoms with van der Waals surface area (Å²) in [7, 11) is 0. The second-order valence-electron chi connectivity index (χ2n) is 3.60. The van der Waals surface area contributed by atoms with Crippen LogP contribution in [0.5, 0.6) is 0 Å². The number of benzene rings is 1. The van der Waals surface area contributed by atoms with Crippen molar-refractivity contribution in [2.45, 2.75) is 31.7 Å². The third kappa shape index (κ3) is 5.41. The van der Waals surface area contributed by atoms with Gasteiger partial charge >= 0.3 is 0 Å². The van der Waals surface area contributed by atoms with Gasteiger partial charge in [0.2, 0.25) is 0 Å². The molecule has 0 radical (unpaired) electrons. The van der Waals surface area contributed by atoms with Crippen LogP contribution in [-0.4, -0.2) is 11.9 Å². The van der Waals surface area contributed by atoms with Gasteiger partial charge < -0.3 is 5.32 Å². The lowest BCUT2D eigenvalue weighted by molar-refractivity contribution is 0.622. The van der Waals surface area contributed by atoms with Gasteiger partial charge in [0.05, 0.1) is 0 Å². The Morgan fingerprint density at radius 2 is 2.20 bits per heavy atom. The van der Waals surface area contributed by atoms with E-state index in [0.29, 0.717) is 0 Å². The summed E-state index contributed by atoms with van der Waals surface area (Å²) >= 11 is 11.9. The normalized spacial score (nSPS) is 12.7. The van der Waals surface area contributed by atoms with Crippen LogP contribution in [0.1, 0.15) is 25.3 Å². The maximum atomic E-state index is 6.01. The van der Waals surface area contributed by atoms with E-state index in [-0.39, 0.29) is 5.38 Å². The molecule has 1 aromatic carbocycles. The van der Waals surface area contributed by atoms with E-state index in [0.717, 1.165) is 31.0 Å². The molecule has 0 bridgehead atoms. The highest BCUT2D eigenvalue weighted by molar-refractivity contribution is 6.30. The highest BCUT2D eigenvalue weighted by atomic mass is 35.5. The van der Waals surface area contributed by atoms with Crippen molar-refractivity contribution in [1.82, 2.24) is 5.32 Å². The van der Waals surface area contributed by atoms with E-state index in [1.807, 2.05) is 18.2 Å². The van der Waals surface area contributed by atoms with Crippen LogP contribution in [0.2, 0.25) is 5.02 Å². The topological polar surface area (TPSA) is 12.0 Å². The summed E-state index contributed by atoms with van der Waals surface area (Å²) in [6.45, 7) is 3.91. The first-order valence-corrected chi connectivity index (χ1v) is 6.13. The molecule has 0 heterocycles. The number of hydrogen-bond acceptors (Lipinski definition) is 1. The van der Waals surface area contributed by atoms with Gasteiger partial charge in [-0.05, 0) is 37.1 Å². The highest BCUT2D eigenvalue weighted by Crippen LogP contribution is 2.10. The first-order valence-electron chi connectivity index (χ1n) is 5.31. The predicted molar refractivity (Wildman–Crippen MR) is 67.7 cm³/mol. The molecule has 0 spiro atoms. The van der Waals surface area contributed by atoms with Gasteiger partial charge in [-0.3, -0.25) is 0 Å². The third-order valence-electron chi connectivity index (χ3n) is 2.30. The van der Waals surface area contributed by atoms with Crippen molar-refractivity contribution in [2.75, 3.05) is 6.54 Å². The predicted octanol–water partition coefficient (Wildman–Crippen LogP) is 3.84. The molecule has 0 aliphatic rings. The van der Waals surface area contributed by atoms with E-state index in [9.17, 15) is 0 Å². The van der Waals surface area contributed by atoms with Crippen LogP contribution in [0, 0.1) is 0 Å². The van der Waals surface area contributed by atoms with Crippen molar-refractivity contribution in [3.8, 4) is 0 Å². The second-order valence-corrected chi connectivity index (χ2v) is 4.65. The molecule has 1 unspecified atom stereocenters. The molecule has 0 aromatic heterocycles. The maximum absolute atomic E-state index is 6.01. The first kappa shape index (κ1) is 12.8. The van der Waals surface area contributed by atoms with Gasteiger partial charge in [-0.15, -0.1) is 11.6 Å². The third-order valence-corrected chi connectivity index (χ3v) is 3.06. The minimum absolute atomic E-state index is 0.289. The average Bonchev–Trinajstić information content (AvgIpc) is 2.24. The van der Waals surface area contributed by atoms with Crippen molar-refractivity contribution >= 4 is 23.2 Å². The van der Waals surface area contributed by atoms with E-state index >= 15 is 0 Å². The molecular formula is C12H17Cl2N. The molecule has 1 aromatic rings. The van der Waals surface area contributed by atoms with Crippen LogP contribution < -0.4 is 5.32 Å². The van der Waals surface area contributed by atoms with E-state index in [4.69, 9.17) is 23.2 Å². The molecule has 0 saturated heterocycles. The Bertz CT molecular complexity index is 289. The Balaban J connectivity index is 2.20. The summed E-state index contributed by atoms with van der Waals surface area (Å²) in [6.07, 6.45) is 2.04. The average molecular weight is 246 g/mol. The molecule has 0 aliphatic carbocycles. The van der Waals surface area contributed by atoms with Crippen LogP contribution in [-0.2, 0) is 6.54 Å². The Hall–Kier alpha value is -0.240. The SMILES string of the molecule is CCC(Cl)CCNCc1cccc(Cl)c1. The smallest absolute Gasteiger partial charge is 0.0409 e. The molecule has 0 aliphatic heterocycles. The second kappa shape index (κ2) is 7.10. The maximum Gasteiger partial charge on any atom is 0.0409 e. The Morgan fingerprint density at radius 3 is 2.87 bits per heavy atom. The van der Waals surface area contributed by atoms with Crippen molar-refractivity contribution in [3.63, 3.8) is 0 Å². The molecule has 0 amide bonds. The van der Waals surface area contributed by atoms with Gasteiger partial charge in [0.15, 0.2) is 0 Å². The van der Waals surface area contributed by atoms with E-state index in [2.05, 4.69) is 18.3 Å². The molecule has 1 atom stereocenters. The zero-order chi connectivity index (χ0) is 11.1. The number of nitrogens with one attached hydrogen (secondary N) is 1. The Labute approximate surface area is 102 Å². The Kier molecular flexibility index (Phi) is 6.07. The van der Waals surface area contributed by atoms with Crippen LogP contribution in [0.25, 0.3) is 0 Å². The number of hydrogen-bond donors (Lipinski definition) is 1. The molecule has 1 nitrogen and oxygen atoms in total. The minimum atomic E-state index is 0.289. The van der Waals surface area contributed by atoms with E-state index in [1.54, 1.807) is 0 Å². The largest absolute Gasteiger partial charge is 0.313 e. The molecular weight excluding hydrogens is 229 g/mol. The summed E-state index contributed by atoms with van der Waals surface area (Å²) in [6, 6.07) is 7.90. The van der Waals surface area contributed by atoms with Crippen molar-refractivity contribution < 1.29 is 0 Å². The zero-order valence-corrected chi connectivity index (χ0v) is 10.5. The van der Waals surface area contributed by atoms with Gasteiger partial charge in [-0.1, -0.05) is 30.7 Å². The van der Waals surface area contributed by atoms with E-state index in [1.165, 1.54) is 5.56 Å². The summed E-state index contributed by atoms with van der Waals surface area (Å²) in [4.78, 5) is 0. The van der Waals surface area contributed by atoms with Gasteiger partial charge in [0.25, 0.3) is 0 Å². The molecule has 0 saturated carbocycles. The van der Waals surface area contributed by atoms with Crippen LogP contribution in [0.15, 0.2) is 24.3 Å². The van der Waals surface area contributed by atoms with Crippen LogP contribution >= 0.6 is 23.2 Å². The summed E-state index contributed by atoms with van der Waals surface area (Å²) in [5.74, 6) is 0. The molecule has 0 fully saturated rings. The molecule has 1 N–H and O–H groups in total. The molecule has 1 rings (SSSR count).